The van der Waals surface area contributed by atoms with Gasteiger partial charge in [0.1, 0.15) is 0 Å². The summed E-state index contributed by atoms with van der Waals surface area (Å²) in [6.07, 6.45) is 6.11. The van der Waals surface area contributed by atoms with Crippen LogP contribution < -0.4 is 5.32 Å². The fourth-order valence-corrected chi connectivity index (χ4v) is 4.15. The SMILES string of the molecule is CCNC(Cc1cccs1)C1CC2CCC1O2. The highest BCUT2D eigenvalue weighted by Gasteiger charge is 2.44. The van der Waals surface area contributed by atoms with Crippen LogP contribution in [0, 0.1) is 5.92 Å². The largest absolute Gasteiger partial charge is 0.375 e. The Morgan fingerprint density at radius 3 is 3.06 bits per heavy atom. The fraction of sp³-hybridized carbons (Fsp3) is 0.714. The molecule has 0 radical (unpaired) electrons. The van der Waals surface area contributed by atoms with Crippen LogP contribution in [-0.4, -0.2) is 24.8 Å². The zero-order valence-corrected chi connectivity index (χ0v) is 11.2. The Bertz CT molecular complexity index is 351. The van der Waals surface area contributed by atoms with Gasteiger partial charge in [0.2, 0.25) is 0 Å². The van der Waals surface area contributed by atoms with Gasteiger partial charge in [-0.25, -0.2) is 0 Å². The van der Waals surface area contributed by atoms with Gasteiger partial charge in [-0.1, -0.05) is 13.0 Å². The molecule has 94 valence electrons. The standard InChI is InChI=1S/C14H21NOS/c1-2-15-13(9-11-4-3-7-17-11)12-8-10-5-6-14(12)16-10/h3-4,7,10,12-15H,2,5-6,8-9H2,1H3. The molecular formula is C14H21NOS. The van der Waals surface area contributed by atoms with Gasteiger partial charge in [0.25, 0.3) is 0 Å². The van der Waals surface area contributed by atoms with Crippen LogP contribution in [0.25, 0.3) is 0 Å². The molecule has 0 aromatic carbocycles. The molecule has 2 aliphatic rings. The van der Waals surface area contributed by atoms with E-state index in [1.54, 1.807) is 0 Å². The van der Waals surface area contributed by atoms with Crippen LogP contribution in [0.3, 0.4) is 0 Å². The van der Waals surface area contributed by atoms with Crippen molar-refractivity contribution in [2.75, 3.05) is 6.54 Å². The molecule has 3 rings (SSSR count). The van der Waals surface area contributed by atoms with Crippen molar-refractivity contribution in [2.24, 2.45) is 5.92 Å². The molecule has 1 aromatic heterocycles. The van der Waals surface area contributed by atoms with Gasteiger partial charge in [0.05, 0.1) is 12.2 Å². The third-order valence-corrected chi connectivity index (χ3v) is 5.04. The second-order valence-electron chi connectivity index (χ2n) is 5.22. The number of hydrogen-bond acceptors (Lipinski definition) is 3. The molecule has 0 saturated carbocycles. The van der Waals surface area contributed by atoms with Gasteiger partial charge in [-0.05, 0) is 43.7 Å². The fourth-order valence-electron chi connectivity index (χ4n) is 3.38. The van der Waals surface area contributed by atoms with Crippen molar-refractivity contribution in [3.63, 3.8) is 0 Å². The van der Waals surface area contributed by atoms with Gasteiger partial charge >= 0.3 is 0 Å². The van der Waals surface area contributed by atoms with Crippen molar-refractivity contribution >= 4 is 11.3 Å². The van der Waals surface area contributed by atoms with Crippen molar-refractivity contribution < 1.29 is 4.74 Å². The molecule has 0 aliphatic carbocycles. The van der Waals surface area contributed by atoms with E-state index in [1.807, 2.05) is 11.3 Å². The molecular weight excluding hydrogens is 230 g/mol. The molecule has 0 spiro atoms. The molecule has 4 atom stereocenters. The van der Waals surface area contributed by atoms with E-state index in [0.29, 0.717) is 18.2 Å². The lowest BCUT2D eigenvalue weighted by Gasteiger charge is -2.28. The van der Waals surface area contributed by atoms with Crippen molar-refractivity contribution in [3.05, 3.63) is 22.4 Å². The van der Waals surface area contributed by atoms with E-state index in [2.05, 4.69) is 29.8 Å². The molecule has 2 saturated heterocycles. The third kappa shape index (κ3) is 2.42. The Hall–Kier alpha value is -0.380. The zero-order chi connectivity index (χ0) is 11.7. The summed E-state index contributed by atoms with van der Waals surface area (Å²) in [5, 5.41) is 5.85. The average Bonchev–Trinajstić information content (AvgIpc) is 3.05. The maximum Gasteiger partial charge on any atom is 0.0623 e. The molecule has 2 fully saturated rings. The predicted octanol–water partition coefficient (Wildman–Crippen LogP) is 2.84. The molecule has 3 heterocycles. The van der Waals surface area contributed by atoms with E-state index >= 15 is 0 Å². The Balaban J connectivity index is 1.67. The first kappa shape index (κ1) is 11.7. The first-order valence-corrected chi connectivity index (χ1v) is 7.66. The van der Waals surface area contributed by atoms with Crippen molar-refractivity contribution in [3.8, 4) is 0 Å². The number of rotatable bonds is 5. The average molecular weight is 251 g/mol. The predicted molar refractivity (Wildman–Crippen MR) is 71.5 cm³/mol. The molecule has 1 N–H and O–H groups in total. The summed E-state index contributed by atoms with van der Waals surface area (Å²) in [4.78, 5) is 1.50. The van der Waals surface area contributed by atoms with Gasteiger partial charge in [0, 0.05) is 16.8 Å². The van der Waals surface area contributed by atoms with E-state index in [4.69, 9.17) is 4.74 Å². The Morgan fingerprint density at radius 2 is 2.47 bits per heavy atom. The molecule has 1 aromatic rings. The molecule has 2 aliphatic heterocycles. The Kier molecular flexibility index (Phi) is 3.50. The molecule has 2 nitrogen and oxygen atoms in total. The molecule has 4 unspecified atom stereocenters. The lowest BCUT2D eigenvalue weighted by molar-refractivity contribution is 0.0859. The maximum absolute atomic E-state index is 5.99. The second-order valence-corrected chi connectivity index (χ2v) is 6.25. The molecule has 3 heteroatoms. The van der Waals surface area contributed by atoms with Crippen LogP contribution in [0.1, 0.15) is 31.1 Å². The van der Waals surface area contributed by atoms with Crippen LogP contribution in [0.5, 0.6) is 0 Å². The van der Waals surface area contributed by atoms with E-state index in [-0.39, 0.29) is 0 Å². The lowest BCUT2D eigenvalue weighted by atomic mass is 9.82. The molecule has 2 bridgehead atoms. The highest BCUT2D eigenvalue weighted by molar-refractivity contribution is 7.09. The summed E-state index contributed by atoms with van der Waals surface area (Å²) in [5.41, 5.74) is 0. The number of fused-ring (bicyclic) bond motifs is 2. The van der Waals surface area contributed by atoms with E-state index in [9.17, 15) is 0 Å². The minimum absolute atomic E-state index is 0.531. The van der Waals surface area contributed by atoms with Crippen LogP contribution in [0.4, 0.5) is 0 Å². The normalized spacial score (nSPS) is 33.1. The maximum atomic E-state index is 5.99. The first-order valence-electron chi connectivity index (χ1n) is 6.78. The van der Waals surface area contributed by atoms with E-state index in [1.165, 1.54) is 30.6 Å². The summed E-state index contributed by atoms with van der Waals surface area (Å²) in [7, 11) is 0. The van der Waals surface area contributed by atoms with E-state index < -0.39 is 0 Å². The number of ether oxygens (including phenoxy) is 1. The van der Waals surface area contributed by atoms with Gasteiger partial charge in [0.15, 0.2) is 0 Å². The monoisotopic (exact) mass is 251 g/mol. The van der Waals surface area contributed by atoms with Gasteiger partial charge < -0.3 is 10.1 Å². The highest BCUT2D eigenvalue weighted by atomic mass is 32.1. The minimum Gasteiger partial charge on any atom is -0.375 e. The molecule has 0 amide bonds. The topological polar surface area (TPSA) is 21.3 Å². The summed E-state index contributed by atoms with van der Waals surface area (Å²) in [6, 6.07) is 5.01. The summed E-state index contributed by atoms with van der Waals surface area (Å²) in [6.45, 7) is 3.26. The smallest absolute Gasteiger partial charge is 0.0623 e. The summed E-state index contributed by atoms with van der Waals surface area (Å²) in [5.74, 6) is 0.732. The minimum atomic E-state index is 0.531. The summed E-state index contributed by atoms with van der Waals surface area (Å²) >= 11 is 1.88. The Labute approximate surface area is 107 Å². The number of nitrogens with one attached hydrogen (secondary N) is 1. The Morgan fingerprint density at radius 1 is 1.53 bits per heavy atom. The quantitative estimate of drug-likeness (QED) is 0.869. The van der Waals surface area contributed by atoms with Crippen LogP contribution >= 0.6 is 11.3 Å². The van der Waals surface area contributed by atoms with Gasteiger partial charge in [-0.2, -0.15) is 0 Å². The number of hydrogen-bond donors (Lipinski definition) is 1. The van der Waals surface area contributed by atoms with Crippen molar-refractivity contribution in [1.82, 2.24) is 5.32 Å². The lowest BCUT2D eigenvalue weighted by Crippen LogP contribution is -2.42. The van der Waals surface area contributed by atoms with Crippen LogP contribution in [0.15, 0.2) is 17.5 Å². The summed E-state index contributed by atoms with van der Waals surface area (Å²) < 4.78 is 5.99. The second kappa shape index (κ2) is 5.09. The number of thiophene rings is 1. The first-order chi connectivity index (χ1) is 8.36. The van der Waals surface area contributed by atoms with Crippen LogP contribution in [0.2, 0.25) is 0 Å². The van der Waals surface area contributed by atoms with E-state index in [0.717, 1.165) is 12.5 Å². The van der Waals surface area contributed by atoms with Crippen molar-refractivity contribution in [2.45, 2.75) is 50.9 Å². The third-order valence-electron chi connectivity index (χ3n) is 4.14. The van der Waals surface area contributed by atoms with Gasteiger partial charge in [-0.3, -0.25) is 0 Å². The number of likely N-dealkylation sites (N-methyl/N-ethyl adjacent to an activating group) is 1. The van der Waals surface area contributed by atoms with Crippen molar-refractivity contribution in [1.29, 1.82) is 0 Å². The van der Waals surface area contributed by atoms with Crippen LogP contribution in [-0.2, 0) is 11.2 Å². The molecule has 17 heavy (non-hydrogen) atoms. The zero-order valence-electron chi connectivity index (χ0n) is 10.4. The van der Waals surface area contributed by atoms with Gasteiger partial charge in [-0.15, -0.1) is 11.3 Å². The highest BCUT2D eigenvalue weighted by Crippen LogP contribution is 2.41.